The first-order valence-electron chi connectivity index (χ1n) is 9.71. The fourth-order valence-electron chi connectivity index (χ4n) is 3.52. The molecule has 0 fully saturated rings. The molecule has 0 saturated heterocycles. The molecule has 6 nitrogen and oxygen atoms in total. The van der Waals surface area contributed by atoms with Crippen LogP contribution in [-0.4, -0.2) is 34.2 Å². The van der Waals surface area contributed by atoms with Crippen LogP contribution in [0.3, 0.4) is 0 Å². The van der Waals surface area contributed by atoms with Crippen molar-refractivity contribution in [3.63, 3.8) is 0 Å². The summed E-state index contributed by atoms with van der Waals surface area (Å²) in [4.78, 5) is 15.2. The zero-order chi connectivity index (χ0) is 23.8. The summed E-state index contributed by atoms with van der Waals surface area (Å²) in [6.07, 6.45) is -1.99. The van der Waals surface area contributed by atoms with Crippen LogP contribution in [0.4, 0.5) is 13.2 Å². The molecule has 172 valence electrons. The first kappa shape index (κ1) is 23.0. The highest BCUT2D eigenvalue weighted by molar-refractivity contribution is 7.90. The number of aliphatic carboxylic acids is 1. The van der Waals surface area contributed by atoms with Gasteiger partial charge in [-0.2, -0.15) is 13.2 Å². The number of aromatic nitrogens is 2. The minimum Gasteiger partial charge on any atom is -0.481 e. The maximum absolute atomic E-state index is 13.1. The van der Waals surface area contributed by atoms with Crippen molar-refractivity contribution in [2.24, 2.45) is 0 Å². The molecule has 0 atom stereocenters. The van der Waals surface area contributed by atoms with Gasteiger partial charge in [0.1, 0.15) is 0 Å². The molecule has 0 aliphatic carbocycles. The highest BCUT2D eigenvalue weighted by atomic mass is 32.2. The van der Waals surface area contributed by atoms with Gasteiger partial charge < -0.3 is 5.11 Å². The zero-order valence-corrected chi connectivity index (χ0v) is 18.5. The number of fused-ring (bicyclic) bond motifs is 2. The Hall–Kier alpha value is -3.18. The van der Waals surface area contributed by atoms with Crippen molar-refractivity contribution >= 4 is 54.5 Å². The third-order valence-electron chi connectivity index (χ3n) is 5.00. The lowest BCUT2D eigenvalue weighted by molar-refractivity contribution is -0.138. The minimum atomic E-state index is -4.59. The molecule has 0 aliphatic rings. The van der Waals surface area contributed by atoms with Gasteiger partial charge in [0.2, 0.25) is 10.0 Å². The largest absolute Gasteiger partial charge is 0.481 e. The first-order valence-corrected chi connectivity index (χ1v) is 12.2. The molecule has 2 aromatic heterocycles. The van der Waals surface area contributed by atoms with Crippen molar-refractivity contribution in [2.45, 2.75) is 19.0 Å². The van der Waals surface area contributed by atoms with E-state index in [2.05, 4.69) is 4.98 Å². The number of nitrogens with zero attached hydrogens (tertiary/aromatic N) is 2. The molecule has 4 aromatic rings. The van der Waals surface area contributed by atoms with E-state index < -0.39 is 33.5 Å². The monoisotopic (exact) mass is 494 g/mol. The van der Waals surface area contributed by atoms with Crippen LogP contribution in [0.5, 0.6) is 0 Å². The van der Waals surface area contributed by atoms with Gasteiger partial charge in [0, 0.05) is 11.1 Å². The molecule has 11 heteroatoms. The van der Waals surface area contributed by atoms with Crippen molar-refractivity contribution in [1.29, 1.82) is 0 Å². The van der Waals surface area contributed by atoms with E-state index in [0.717, 1.165) is 38.0 Å². The average Bonchev–Trinajstić information content (AvgIpc) is 3.34. The van der Waals surface area contributed by atoms with Gasteiger partial charge in [-0.15, -0.1) is 11.3 Å². The Morgan fingerprint density at radius 3 is 2.67 bits per heavy atom. The lowest BCUT2D eigenvalue weighted by Gasteiger charge is -2.11. The Kier molecular flexibility index (Phi) is 6.02. The van der Waals surface area contributed by atoms with Gasteiger partial charge in [0.15, 0.2) is 0 Å². The number of alkyl halides is 3. The summed E-state index contributed by atoms with van der Waals surface area (Å²) in [5.41, 5.74) is 2.61. The second kappa shape index (κ2) is 8.64. The molecule has 1 N–H and O–H groups in total. The fraction of sp³-hybridized carbons (Fsp3) is 0.182. The zero-order valence-electron chi connectivity index (χ0n) is 16.9. The Morgan fingerprint density at radius 1 is 1.15 bits per heavy atom. The van der Waals surface area contributed by atoms with Crippen LogP contribution in [-0.2, 0) is 27.4 Å². The molecule has 4 rings (SSSR count). The first-order chi connectivity index (χ1) is 15.5. The van der Waals surface area contributed by atoms with Crippen LogP contribution in [0.2, 0.25) is 0 Å². The van der Waals surface area contributed by atoms with Crippen LogP contribution in [0.25, 0.3) is 27.2 Å². The van der Waals surface area contributed by atoms with E-state index >= 15 is 0 Å². The molecule has 0 saturated carbocycles. The van der Waals surface area contributed by atoms with Gasteiger partial charge in [-0.1, -0.05) is 18.2 Å². The number of halogens is 3. The summed E-state index contributed by atoms with van der Waals surface area (Å²) in [7, 11) is -4.03. The van der Waals surface area contributed by atoms with Crippen LogP contribution >= 0.6 is 11.3 Å². The second-order valence-corrected chi connectivity index (χ2v) is 10.1. The fourth-order valence-corrected chi connectivity index (χ4v) is 5.70. The number of carboxylic acids is 1. The van der Waals surface area contributed by atoms with E-state index in [0.29, 0.717) is 0 Å². The normalized spacial score (nSPS) is 12.8. The molecule has 0 amide bonds. The molecule has 0 spiro atoms. The van der Waals surface area contributed by atoms with Gasteiger partial charge in [0.05, 0.1) is 39.0 Å². The number of hydrogen-bond donors (Lipinski definition) is 1. The van der Waals surface area contributed by atoms with E-state index in [1.165, 1.54) is 23.5 Å². The van der Waals surface area contributed by atoms with Gasteiger partial charge in [-0.3, -0.25) is 4.79 Å². The van der Waals surface area contributed by atoms with Crippen molar-refractivity contribution in [3.05, 3.63) is 70.9 Å². The maximum Gasteiger partial charge on any atom is 0.416 e. The predicted octanol–water partition coefficient (Wildman–Crippen LogP) is 5.18. The van der Waals surface area contributed by atoms with Crippen LogP contribution in [0.15, 0.2) is 54.1 Å². The van der Waals surface area contributed by atoms with Crippen molar-refractivity contribution < 1.29 is 31.5 Å². The van der Waals surface area contributed by atoms with Crippen LogP contribution < -0.4 is 0 Å². The summed E-state index contributed by atoms with van der Waals surface area (Å²) in [6.45, 7) is 0. The number of carboxylic acid groups (broad SMARTS) is 1. The van der Waals surface area contributed by atoms with E-state index in [9.17, 15) is 26.4 Å². The van der Waals surface area contributed by atoms with Gasteiger partial charge in [-0.25, -0.2) is 17.4 Å². The van der Waals surface area contributed by atoms with Gasteiger partial charge in [-0.05, 0) is 48.4 Å². The van der Waals surface area contributed by atoms with E-state index in [1.54, 1.807) is 17.7 Å². The maximum atomic E-state index is 13.1. The molecule has 0 radical (unpaired) electrons. The van der Waals surface area contributed by atoms with E-state index in [1.807, 2.05) is 12.1 Å². The quantitative estimate of drug-likeness (QED) is 0.383. The van der Waals surface area contributed by atoms with Gasteiger partial charge in [0.25, 0.3) is 0 Å². The Bertz CT molecular complexity index is 1480. The number of rotatable bonds is 7. The summed E-state index contributed by atoms with van der Waals surface area (Å²) in [5, 5.41) is 9.08. The van der Waals surface area contributed by atoms with Crippen LogP contribution in [0, 0.1) is 0 Å². The Balaban J connectivity index is 1.69. The summed E-state index contributed by atoms with van der Waals surface area (Å²) in [6, 6.07) is 9.57. The lowest BCUT2D eigenvalue weighted by Crippen LogP contribution is -2.18. The van der Waals surface area contributed by atoms with E-state index in [-0.39, 0.29) is 29.4 Å². The molecule has 0 unspecified atom stereocenters. The van der Waals surface area contributed by atoms with Crippen molar-refractivity contribution in [1.82, 2.24) is 8.96 Å². The number of carbonyl (C=O) groups is 1. The number of hydrogen-bond acceptors (Lipinski definition) is 5. The summed E-state index contributed by atoms with van der Waals surface area (Å²) < 4.78 is 67.5. The smallest absolute Gasteiger partial charge is 0.416 e. The van der Waals surface area contributed by atoms with Crippen molar-refractivity contribution in [3.8, 4) is 0 Å². The van der Waals surface area contributed by atoms with Crippen LogP contribution in [0.1, 0.15) is 23.2 Å². The molecular weight excluding hydrogens is 477 g/mol. The topological polar surface area (TPSA) is 89.3 Å². The Labute approximate surface area is 190 Å². The lowest BCUT2D eigenvalue weighted by atomic mass is 10.1. The van der Waals surface area contributed by atoms with Gasteiger partial charge >= 0.3 is 12.1 Å². The standard InChI is InChI=1S/C22H17F3N2O4S2/c23-22(24,25)16-4-7-19-15(11-16)12-17(5-8-21(28)29)27(19)33(30,31)9-1-2-14-3-6-18-20(10-14)32-13-26-18/h1-4,6-7,10-13H,5,8-9H2,(H,28,29). The summed E-state index contributed by atoms with van der Waals surface area (Å²) >= 11 is 1.46. The number of thiazole rings is 1. The predicted molar refractivity (Wildman–Crippen MR) is 121 cm³/mol. The Morgan fingerprint density at radius 2 is 1.94 bits per heavy atom. The third-order valence-corrected chi connectivity index (χ3v) is 7.40. The highest BCUT2D eigenvalue weighted by Crippen LogP contribution is 2.33. The molecule has 0 aliphatic heterocycles. The minimum absolute atomic E-state index is 0.0721. The SMILES string of the molecule is O=C(O)CCc1cc2cc(C(F)(F)F)ccc2n1S(=O)(=O)CC=Cc1ccc2ncsc2c1. The molecule has 33 heavy (non-hydrogen) atoms. The molecular formula is C22H17F3N2O4S2. The number of aryl methyl sites for hydroxylation is 1. The number of benzene rings is 2. The second-order valence-electron chi connectivity index (χ2n) is 7.33. The summed E-state index contributed by atoms with van der Waals surface area (Å²) in [5.74, 6) is -1.56. The van der Waals surface area contributed by atoms with E-state index in [4.69, 9.17) is 5.11 Å². The third kappa shape index (κ3) is 4.93. The molecule has 2 heterocycles. The highest BCUT2D eigenvalue weighted by Gasteiger charge is 2.31. The average molecular weight is 495 g/mol. The van der Waals surface area contributed by atoms with Crippen molar-refractivity contribution in [2.75, 3.05) is 5.75 Å². The molecule has 0 bridgehead atoms. The molecule has 2 aromatic carbocycles.